The molecule has 0 aliphatic rings. The first-order chi connectivity index (χ1) is 10.4. The third kappa shape index (κ3) is 4.18. The average Bonchev–Trinajstić information content (AvgIpc) is 2.81. The molecule has 8 nitrogen and oxygen atoms in total. The largest absolute Gasteiger partial charge is 0.444 e. The monoisotopic (exact) mass is 305 g/mol. The van der Waals surface area contributed by atoms with Crippen molar-refractivity contribution in [2.75, 3.05) is 6.54 Å². The van der Waals surface area contributed by atoms with Crippen molar-refractivity contribution in [1.82, 2.24) is 25.5 Å². The number of hydrogen-bond acceptors (Lipinski definition) is 5. The van der Waals surface area contributed by atoms with Crippen LogP contribution in [-0.4, -0.2) is 38.4 Å². The Morgan fingerprint density at radius 1 is 1.45 bits per heavy atom. The van der Waals surface area contributed by atoms with E-state index >= 15 is 0 Å². The van der Waals surface area contributed by atoms with E-state index < -0.39 is 11.7 Å². The van der Waals surface area contributed by atoms with Gasteiger partial charge in [-0.2, -0.15) is 5.10 Å². The first kappa shape index (κ1) is 15.7. The van der Waals surface area contributed by atoms with E-state index in [1.54, 1.807) is 26.8 Å². The highest BCUT2D eigenvalue weighted by atomic mass is 16.6. The molecule has 3 N–H and O–H groups in total. The minimum absolute atomic E-state index is 0.245. The van der Waals surface area contributed by atoms with Crippen molar-refractivity contribution in [3.8, 4) is 0 Å². The normalized spacial score (nSPS) is 12.0. The number of rotatable bonds is 4. The third-order valence-electron chi connectivity index (χ3n) is 2.65. The number of H-pyrrole nitrogens is 2. The second-order valence-electron chi connectivity index (χ2n) is 5.69. The Labute approximate surface area is 127 Å². The van der Waals surface area contributed by atoms with Gasteiger partial charge in [0.2, 0.25) is 0 Å². The molecule has 118 valence electrons. The van der Waals surface area contributed by atoms with Gasteiger partial charge in [0, 0.05) is 6.54 Å². The van der Waals surface area contributed by atoms with Crippen LogP contribution in [0.4, 0.5) is 4.79 Å². The quantitative estimate of drug-likeness (QED) is 0.742. The SMILES string of the molecule is CC(C)(C)OC(=O)NCCC=Cc1[nH]nc2nc[nH]c(=O)c12. The van der Waals surface area contributed by atoms with Crippen LogP contribution in [0.5, 0.6) is 0 Å². The number of carbonyl (C=O) groups excluding carboxylic acids is 1. The van der Waals surface area contributed by atoms with Gasteiger partial charge in [0.15, 0.2) is 5.65 Å². The third-order valence-corrected chi connectivity index (χ3v) is 2.65. The lowest BCUT2D eigenvalue weighted by molar-refractivity contribution is 0.0529. The van der Waals surface area contributed by atoms with E-state index in [0.717, 1.165) is 0 Å². The van der Waals surface area contributed by atoms with Crippen molar-refractivity contribution in [3.05, 3.63) is 28.5 Å². The smallest absolute Gasteiger partial charge is 0.407 e. The minimum atomic E-state index is -0.511. The van der Waals surface area contributed by atoms with Gasteiger partial charge in [-0.25, -0.2) is 9.78 Å². The van der Waals surface area contributed by atoms with Gasteiger partial charge in [-0.1, -0.05) is 6.08 Å². The van der Waals surface area contributed by atoms with Crippen LogP contribution in [-0.2, 0) is 4.74 Å². The lowest BCUT2D eigenvalue weighted by Crippen LogP contribution is -2.32. The van der Waals surface area contributed by atoms with E-state index in [2.05, 4.69) is 25.5 Å². The van der Waals surface area contributed by atoms with Gasteiger partial charge in [-0.05, 0) is 33.3 Å². The standard InChI is InChI=1S/C14H19N5O3/c1-14(2,3)22-13(21)15-7-5-4-6-9-10-11(19-18-9)16-8-17-12(10)20/h4,6,8H,5,7H2,1-3H3,(H,15,21)(H2,16,17,18,19,20). The number of fused-ring (bicyclic) bond motifs is 1. The van der Waals surface area contributed by atoms with Crippen LogP contribution in [0.2, 0.25) is 0 Å². The summed E-state index contributed by atoms with van der Waals surface area (Å²) in [5, 5.41) is 9.77. The Morgan fingerprint density at radius 3 is 2.95 bits per heavy atom. The summed E-state index contributed by atoms with van der Waals surface area (Å²) in [5.74, 6) is 0. The van der Waals surface area contributed by atoms with Gasteiger partial charge < -0.3 is 15.0 Å². The maximum atomic E-state index is 11.7. The summed E-state index contributed by atoms with van der Waals surface area (Å²) >= 11 is 0. The Kier molecular flexibility index (Phi) is 4.59. The van der Waals surface area contributed by atoms with E-state index in [9.17, 15) is 9.59 Å². The van der Waals surface area contributed by atoms with Crippen molar-refractivity contribution >= 4 is 23.2 Å². The highest BCUT2D eigenvalue weighted by Crippen LogP contribution is 2.09. The van der Waals surface area contributed by atoms with Crippen molar-refractivity contribution in [1.29, 1.82) is 0 Å². The maximum Gasteiger partial charge on any atom is 0.407 e. The van der Waals surface area contributed by atoms with Gasteiger partial charge in [-0.15, -0.1) is 0 Å². The number of nitrogens with one attached hydrogen (secondary N) is 3. The molecule has 0 bridgehead atoms. The van der Waals surface area contributed by atoms with Crippen molar-refractivity contribution in [2.45, 2.75) is 32.8 Å². The summed E-state index contributed by atoms with van der Waals surface area (Å²) in [5.41, 5.74) is 0.199. The zero-order chi connectivity index (χ0) is 16.2. The minimum Gasteiger partial charge on any atom is -0.444 e. The lowest BCUT2D eigenvalue weighted by atomic mass is 10.2. The molecule has 2 rings (SSSR count). The van der Waals surface area contributed by atoms with Crippen LogP contribution in [0.3, 0.4) is 0 Å². The second-order valence-corrected chi connectivity index (χ2v) is 5.69. The topological polar surface area (TPSA) is 113 Å². The fourth-order valence-electron chi connectivity index (χ4n) is 1.78. The number of amides is 1. The van der Waals surface area contributed by atoms with Crippen LogP contribution in [0.15, 0.2) is 17.2 Å². The van der Waals surface area contributed by atoms with Crippen LogP contribution >= 0.6 is 0 Å². The number of aromatic nitrogens is 4. The van der Waals surface area contributed by atoms with Gasteiger partial charge in [0.05, 0.1) is 12.0 Å². The van der Waals surface area contributed by atoms with Crippen molar-refractivity contribution < 1.29 is 9.53 Å². The molecule has 0 saturated carbocycles. The number of hydrogen-bond donors (Lipinski definition) is 3. The molecular formula is C14H19N5O3. The highest BCUT2D eigenvalue weighted by molar-refractivity contribution is 5.82. The molecule has 1 amide bonds. The molecule has 0 aliphatic heterocycles. The molecule has 8 heteroatoms. The van der Waals surface area contributed by atoms with E-state index in [4.69, 9.17) is 4.74 Å². The Bertz CT molecular complexity index is 739. The van der Waals surface area contributed by atoms with Crippen LogP contribution in [0.25, 0.3) is 17.1 Å². The van der Waals surface area contributed by atoms with Gasteiger partial charge in [-0.3, -0.25) is 9.89 Å². The summed E-state index contributed by atoms with van der Waals surface area (Å²) in [6.07, 6.45) is 5.02. The predicted molar refractivity (Wildman–Crippen MR) is 82.4 cm³/mol. The van der Waals surface area contributed by atoms with E-state index in [1.807, 2.05) is 6.08 Å². The summed E-state index contributed by atoms with van der Waals surface area (Å²) < 4.78 is 5.12. The van der Waals surface area contributed by atoms with Crippen molar-refractivity contribution in [3.63, 3.8) is 0 Å². The fraction of sp³-hybridized carbons (Fsp3) is 0.429. The summed E-state index contributed by atoms with van der Waals surface area (Å²) in [4.78, 5) is 29.6. The molecule has 0 aromatic carbocycles. The molecular weight excluding hydrogens is 286 g/mol. The van der Waals surface area contributed by atoms with E-state index in [0.29, 0.717) is 29.7 Å². The molecule has 0 radical (unpaired) electrons. The maximum absolute atomic E-state index is 11.7. The Balaban J connectivity index is 1.88. The number of nitrogens with zero attached hydrogens (tertiary/aromatic N) is 2. The van der Waals surface area contributed by atoms with Gasteiger partial charge in [0.1, 0.15) is 11.0 Å². The highest BCUT2D eigenvalue weighted by Gasteiger charge is 2.15. The molecule has 2 heterocycles. The number of alkyl carbamates (subject to hydrolysis) is 1. The number of aromatic amines is 2. The molecule has 22 heavy (non-hydrogen) atoms. The molecule has 0 atom stereocenters. The Hall–Kier alpha value is -2.64. The molecule has 0 unspecified atom stereocenters. The summed E-state index contributed by atoms with van der Waals surface area (Å²) in [6.45, 7) is 5.86. The van der Waals surface area contributed by atoms with E-state index in [-0.39, 0.29) is 5.56 Å². The predicted octanol–water partition coefficient (Wildman–Crippen LogP) is 1.57. The number of carbonyl (C=O) groups is 1. The number of ether oxygens (including phenoxy) is 1. The van der Waals surface area contributed by atoms with Crippen LogP contribution in [0.1, 0.15) is 32.9 Å². The average molecular weight is 305 g/mol. The molecule has 0 aliphatic carbocycles. The molecule has 0 saturated heterocycles. The van der Waals surface area contributed by atoms with Crippen LogP contribution < -0.4 is 10.9 Å². The zero-order valence-corrected chi connectivity index (χ0v) is 12.8. The molecule has 0 fully saturated rings. The summed E-state index contributed by atoms with van der Waals surface area (Å²) in [7, 11) is 0. The van der Waals surface area contributed by atoms with Crippen molar-refractivity contribution in [2.24, 2.45) is 0 Å². The second kappa shape index (κ2) is 6.42. The Morgan fingerprint density at radius 2 is 2.23 bits per heavy atom. The zero-order valence-electron chi connectivity index (χ0n) is 12.8. The first-order valence-electron chi connectivity index (χ1n) is 6.92. The van der Waals surface area contributed by atoms with Crippen LogP contribution in [0, 0.1) is 0 Å². The summed E-state index contributed by atoms with van der Waals surface area (Å²) in [6, 6.07) is 0. The van der Waals surface area contributed by atoms with E-state index in [1.165, 1.54) is 6.33 Å². The fourth-order valence-corrected chi connectivity index (χ4v) is 1.78. The van der Waals surface area contributed by atoms with Gasteiger partial charge >= 0.3 is 6.09 Å². The molecule has 2 aromatic rings. The van der Waals surface area contributed by atoms with Gasteiger partial charge in [0.25, 0.3) is 5.56 Å². The lowest BCUT2D eigenvalue weighted by Gasteiger charge is -2.19. The molecule has 2 aromatic heterocycles. The molecule has 0 spiro atoms. The first-order valence-corrected chi connectivity index (χ1v) is 6.92.